The Morgan fingerprint density at radius 2 is 2.07 bits per heavy atom. The summed E-state index contributed by atoms with van der Waals surface area (Å²) in [6, 6.07) is 9.43. The Labute approximate surface area is 85.6 Å². The first kappa shape index (κ1) is 8.90. The number of amides is 1. The van der Waals surface area contributed by atoms with E-state index >= 15 is 0 Å². The van der Waals surface area contributed by atoms with Gasteiger partial charge in [0.1, 0.15) is 0 Å². The number of nitrogens with zero attached hydrogens (tertiary/aromatic N) is 2. The number of para-hydroxylation sites is 1. The second kappa shape index (κ2) is 4.02. The Balaban J connectivity index is 2.36. The smallest absolute Gasteiger partial charge is 0.220 e. The van der Waals surface area contributed by atoms with Gasteiger partial charge in [-0.1, -0.05) is 18.2 Å². The van der Waals surface area contributed by atoms with Gasteiger partial charge in [-0.15, -0.1) is 11.3 Å². The molecule has 1 amide bonds. The molecule has 0 saturated heterocycles. The summed E-state index contributed by atoms with van der Waals surface area (Å²) >= 11 is 1.43. The van der Waals surface area contributed by atoms with E-state index in [0.29, 0.717) is 5.13 Å². The topological polar surface area (TPSA) is 33.2 Å². The molecule has 1 aromatic carbocycles. The van der Waals surface area contributed by atoms with Gasteiger partial charge in [0, 0.05) is 11.6 Å². The maximum Gasteiger partial charge on any atom is 0.220 e. The first-order valence-corrected chi connectivity index (χ1v) is 4.99. The Kier molecular flexibility index (Phi) is 2.55. The highest BCUT2D eigenvalue weighted by Crippen LogP contribution is 2.24. The van der Waals surface area contributed by atoms with Crippen LogP contribution >= 0.6 is 11.3 Å². The number of hydrogen-bond donors (Lipinski definition) is 0. The molecular weight excluding hydrogens is 196 g/mol. The molecule has 0 N–H and O–H groups in total. The van der Waals surface area contributed by atoms with Gasteiger partial charge in [0.15, 0.2) is 5.13 Å². The minimum atomic E-state index is 0.686. The van der Waals surface area contributed by atoms with E-state index in [9.17, 15) is 4.79 Å². The monoisotopic (exact) mass is 204 g/mol. The summed E-state index contributed by atoms with van der Waals surface area (Å²) in [5.74, 6) is 0. The molecule has 3 nitrogen and oxygen atoms in total. The maximum absolute atomic E-state index is 10.9. The van der Waals surface area contributed by atoms with Gasteiger partial charge in [0.05, 0.1) is 5.69 Å². The largest absolute Gasteiger partial charge is 0.278 e. The van der Waals surface area contributed by atoms with Crippen molar-refractivity contribution < 1.29 is 4.79 Å². The Morgan fingerprint density at radius 3 is 2.64 bits per heavy atom. The number of hydrogen-bond acceptors (Lipinski definition) is 3. The number of anilines is 2. The summed E-state index contributed by atoms with van der Waals surface area (Å²) in [6.07, 6.45) is 2.45. The molecule has 0 fully saturated rings. The van der Waals surface area contributed by atoms with Crippen LogP contribution in [0.4, 0.5) is 10.8 Å². The quantitative estimate of drug-likeness (QED) is 0.719. The molecule has 70 valence electrons. The molecule has 0 aliphatic rings. The summed E-state index contributed by atoms with van der Waals surface area (Å²) in [5.41, 5.74) is 0.831. The standard InChI is InChI=1S/C10H8N2OS/c13-8-12(10-11-6-7-14-10)9-4-2-1-3-5-9/h1-8H. The van der Waals surface area contributed by atoms with Crippen molar-refractivity contribution in [2.24, 2.45) is 0 Å². The summed E-state index contributed by atoms with van der Waals surface area (Å²) in [6.45, 7) is 0. The van der Waals surface area contributed by atoms with Crippen molar-refractivity contribution in [1.29, 1.82) is 0 Å². The lowest BCUT2D eigenvalue weighted by Gasteiger charge is -2.12. The molecule has 1 heterocycles. The third kappa shape index (κ3) is 1.65. The van der Waals surface area contributed by atoms with Gasteiger partial charge in [0.25, 0.3) is 0 Å². The number of thiazole rings is 1. The average molecular weight is 204 g/mol. The van der Waals surface area contributed by atoms with Gasteiger partial charge in [-0.25, -0.2) is 4.98 Å². The van der Waals surface area contributed by atoms with Crippen LogP contribution in [0.1, 0.15) is 0 Å². The van der Waals surface area contributed by atoms with Gasteiger partial charge in [-0.2, -0.15) is 0 Å². The van der Waals surface area contributed by atoms with E-state index in [4.69, 9.17) is 0 Å². The normalized spacial score (nSPS) is 9.71. The zero-order chi connectivity index (χ0) is 9.80. The van der Waals surface area contributed by atoms with E-state index in [2.05, 4.69) is 4.98 Å². The first-order chi connectivity index (χ1) is 6.92. The van der Waals surface area contributed by atoms with Crippen molar-refractivity contribution in [2.75, 3.05) is 4.90 Å². The van der Waals surface area contributed by atoms with Gasteiger partial charge in [-0.05, 0) is 12.1 Å². The van der Waals surface area contributed by atoms with E-state index in [1.54, 1.807) is 6.20 Å². The number of carbonyl (C=O) groups is 1. The van der Waals surface area contributed by atoms with Gasteiger partial charge in [0.2, 0.25) is 6.41 Å². The lowest BCUT2D eigenvalue weighted by Crippen LogP contribution is -2.13. The number of benzene rings is 1. The third-order valence-corrected chi connectivity index (χ3v) is 2.54. The molecule has 0 atom stereocenters. The molecule has 0 radical (unpaired) electrons. The van der Waals surface area contributed by atoms with Gasteiger partial charge < -0.3 is 0 Å². The Morgan fingerprint density at radius 1 is 1.29 bits per heavy atom. The molecule has 2 rings (SSSR count). The lowest BCUT2D eigenvalue weighted by molar-refractivity contribution is -0.106. The summed E-state index contributed by atoms with van der Waals surface area (Å²) < 4.78 is 0. The van der Waals surface area contributed by atoms with Crippen LogP contribution in [0.2, 0.25) is 0 Å². The zero-order valence-electron chi connectivity index (χ0n) is 7.33. The molecule has 1 aromatic heterocycles. The highest BCUT2D eigenvalue weighted by molar-refractivity contribution is 7.13. The maximum atomic E-state index is 10.9. The second-order valence-corrected chi connectivity index (χ2v) is 3.50. The molecule has 0 aliphatic heterocycles. The van der Waals surface area contributed by atoms with E-state index in [0.717, 1.165) is 12.1 Å². The van der Waals surface area contributed by atoms with E-state index in [-0.39, 0.29) is 0 Å². The van der Waals surface area contributed by atoms with Crippen LogP contribution in [0.25, 0.3) is 0 Å². The van der Waals surface area contributed by atoms with E-state index in [1.807, 2.05) is 35.7 Å². The fourth-order valence-electron chi connectivity index (χ4n) is 1.14. The van der Waals surface area contributed by atoms with E-state index in [1.165, 1.54) is 16.2 Å². The van der Waals surface area contributed by atoms with E-state index < -0.39 is 0 Å². The minimum absolute atomic E-state index is 0.686. The second-order valence-electron chi connectivity index (χ2n) is 2.63. The van der Waals surface area contributed by atoms with Crippen molar-refractivity contribution in [3.8, 4) is 0 Å². The average Bonchev–Trinajstić information content (AvgIpc) is 2.74. The lowest BCUT2D eigenvalue weighted by atomic mass is 10.3. The van der Waals surface area contributed by atoms with Crippen LogP contribution in [0.15, 0.2) is 41.9 Å². The third-order valence-electron chi connectivity index (χ3n) is 1.77. The van der Waals surface area contributed by atoms with Crippen molar-refractivity contribution >= 4 is 28.6 Å². The highest BCUT2D eigenvalue weighted by atomic mass is 32.1. The Bertz CT molecular complexity index is 399. The summed E-state index contributed by atoms with van der Waals surface area (Å²) in [7, 11) is 0. The molecule has 0 unspecified atom stereocenters. The van der Waals surface area contributed by atoms with Gasteiger partial charge >= 0.3 is 0 Å². The minimum Gasteiger partial charge on any atom is -0.278 e. The van der Waals surface area contributed by atoms with Crippen molar-refractivity contribution in [3.63, 3.8) is 0 Å². The van der Waals surface area contributed by atoms with Crippen LogP contribution in [-0.2, 0) is 4.79 Å². The first-order valence-electron chi connectivity index (χ1n) is 4.11. The fraction of sp³-hybridized carbons (Fsp3) is 0. The molecule has 0 saturated carbocycles. The molecule has 0 bridgehead atoms. The Hall–Kier alpha value is -1.68. The number of rotatable bonds is 3. The molecular formula is C10H8N2OS. The van der Waals surface area contributed by atoms with Crippen LogP contribution < -0.4 is 4.90 Å². The zero-order valence-corrected chi connectivity index (χ0v) is 8.15. The molecule has 0 spiro atoms. The van der Waals surface area contributed by atoms with Gasteiger partial charge in [-0.3, -0.25) is 9.69 Å². The van der Waals surface area contributed by atoms with Crippen LogP contribution in [0, 0.1) is 0 Å². The molecule has 14 heavy (non-hydrogen) atoms. The number of carbonyl (C=O) groups excluding carboxylic acids is 1. The molecule has 0 aliphatic carbocycles. The van der Waals surface area contributed by atoms with Crippen LogP contribution in [0.3, 0.4) is 0 Å². The summed E-state index contributed by atoms with van der Waals surface area (Å²) in [4.78, 5) is 16.5. The van der Waals surface area contributed by atoms with Crippen molar-refractivity contribution in [1.82, 2.24) is 4.98 Å². The SMILES string of the molecule is O=CN(c1ccccc1)c1nccs1. The highest BCUT2D eigenvalue weighted by Gasteiger charge is 2.08. The van der Waals surface area contributed by atoms with Crippen molar-refractivity contribution in [3.05, 3.63) is 41.9 Å². The predicted octanol–water partition coefficient (Wildman–Crippen LogP) is 2.44. The summed E-state index contributed by atoms with van der Waals surface area (Å²) in [5, 5.41) is 2.53. The number of aromatic nitrogens is 1. The van der Waals surface area contributed by atoms with Crippen LogP contribution in [-0.4, -0.2) is 11.4 Å². The fourth-order valence-corrected chi connectivity index (χ4v) is 1.77. The van der Waals surface area contributed by atoms with Crippen molar-refractivity contribution in [2.45, 2.75) is 0 Å². The predicted molar refractivity (Wildman–Crippen MR) is 56.8 cm³/mol. The molecule has 4 heteroatoms. The van der Waals surface area contributed by atoms with Crippen LogP contribution in [0.5, 0.6) is 0 Å². The molecule has 2 aromatic rings.